The summed E-state index contributed by atoms with van der Waals surface area (Å²) in [6, 6.07) is 9.77. The van der Waals surface area contributed by atoms with E-state index < -0.39 is 5.97 Å². The first-order valence-electron chi connectivity index (χ1n) is 7.08. The summed E-state index contributed by atoms with van der Waals surface area (Å²) in [5.74, 6) is -0.635. The molecule has 0 bridgehead atoms. The van der Waals surface area contributed by atoms with Crippen molar-refractivity contribution in [2.24, 2.45) is 11.8 Å². The smallest absolute Gasteiger partial charge is 0.306 e. The molecule has 0 saturated heterocycles. The summed E-state index contributed by atoms with van der Waals surface area (Å²) in [6.45, 7) is 2.80. The van der Waals surface area contributed by atoms with Crippen molar-refractivity contribution in [2.75, 3.05) is 6.54 Å². The Morgan fingerprint density at radius 3 is 2.75 bits per heavy atom. The molecule has 20 heavy (non-hydrogen) atoms. The van der Waals surface area contributed by atoms with E-state index in [1.54, 1.807) is 0 Å². The number of aliphatic carboxylic acids is 1. The van der Waals surface area contributed by atoms with Crippen LogP contribution < -0.4 is 5.32 Å². The lowest BCUT2D eigenvalue weighted by atomic mass is 9.95. The van der Waals surface area contributed by atoms with Crippen LogP contribution in [0, 0.1) is 23.2 Å². The van der Waals surface area contributed by atoms with Crippen LogP contribution in [0.3, 0.4) is 0 Å². The summed E-state index contributed by atoms with van der Waals surface area (Å²) in [5.41, 5.74) is 1.77. The van der Waals surface area contributed by atoms with E-state index in [0.29, 0.717) is 5.56 Å². The van der Waals surface area contributed by atoms with E-state index in [2.05, 4.69) is 18.3 Å². The lowest BCUT2D eigenvalue weighted by molar-refractivity contribution is -0.142. The Kier molecular flexibility index (Phi) is 4.75. The molecule has 1 aromatic rings. The zero-order chi connectivity index (χ0) is 14.5. The molecule has 3 atom stereocenters. The highest BCUT2D eigenvalue weighted by molar-refractivity contribution is 5.70. The van der Waals surface area contributed by atoms with Crippen molar-refractivity contribution in [2.45, 2.75) is 32.2 Å². The molecule has 2 N–H and O–H groups in total. The molecular weight excluding hydrogens is 252 g/mol. The minimum atomic E-state index is -0.666. The number of carboxylic acids is 1. The molecule has 1 aromatic carbocycles. The zero-order valence-corrected chi connectivity index (χ0v) is 11.7. The third-order valence-electron chi connectivity index (χ3n) is 4.20. The van der Waals surface area contributed by atoms with Crippen LogP contribution in [0.2, 0.25) is 0 Å². The highest BCUT2D eigenvalue weighted by Crippen LogP contribution is 2.31. The summed E-state index contributed by atoms with van der Waals surface area (Å²) in [7, 11) is 0. The SMILES string of the molecule is CC(NCC1CCCC1C(=O)O)c1ccc(C#N)cc1. The highest BCUT2D eigenvalue weighted by Gasteiger charge is 2.32. The van der Waals surface area contributed by atoms with Gasteiger partial charge in [0.2, 0.25) is 0 Å². The van der Waals surface area contributed by atoms with Gasteiger partial charge in [0.1, 0.15) is 0 Å². The van der Waals surface area contributed by atoms with E-state index in [4.69, 9.17) is 10.4 Å². The number of carbonyl (C=O) groups is 1. The second-order valence-electron chi connectivity index (χ2n) is 5.50. The number of hydrogen-bond acceptors (Lipinski definition) is 3. The molecule has 4 nitrogen and oxygen atoms in total. The first-order chi connectivity index (χ1) is 9.61. The number of nitrogens with zero attached hydrogens (tertiary/aromatic N) is 1. The van der Waals surface area contributed by atoms with E-state index in [1.807, 2.05) is 24.3 Å². The molecule has 1 aliphatic rings. The van der Waals surface area contributed by atoms with Crippen LogP contribution in [0.5, 0.6) is 0 Å². The van der Waals surface area contributed by atoms with Gasteiger partial charge < -0.3 is 10.4 Å². The van der Waals surface area contributed by atoms with Gasteiger partial charge in [-0.25, -0.2) is 0 Å². The van der Waals surface area contributed by atoms with Crippen molar-refractivity contribution in [3.8, 4) is 6.07 Å². The molecule has 3 unspecified atom stereocenters. The molecule has 0 radical (unpaired) electrons. The maximum atomic E-state index is 11.1. The molecule has 0 heterocycles. The zero-order valence-electron chi connectivity index (χ0n) is 11.7. The molecule has 106 valence electrons. The van der Waals surface area contributed by atoms with Gasteiger partial charge >= 0.3 is 5.97 Å². The van der Waals surface area contributed by atoms with Crippen molar-refractivity contribution in [1.82, 2.24) is 5.32 Å². The van der Waals surface area contributed by atoms with E-state index in [9.17, 15) is 4.79 Å². The van der Waals surface area contributed by atoms with Gasteiger partial charge in [-0.15, -0.1) is 0 Å². The topological polar surface area (TPSA) is 73.1 Å². The van der Waals surface area contributed by atoms with Gasteiger partial charge in [0.25, 0.3) is 0 Å². The van der Waals surface area contributed by atoms with Gasteiger partial charge in [0.15, 0.2) is 0 Å². The predicted octanol–water partition coefficient (Wildman–Crippen LogP) is 2.71. The fourth-order valence-corrected chi connectivity index (χ4v) is 2.90. The van der Waals surface area contributed by atoms with Gasteiger partial charge in [0.05, 0.1) is 17.6 Å². The number of nitriles is 1. The van der Waals surface area contributed by atoms with E-state index in [-0.39, 0.29) is 17.9 Å². The molecule has 0 spiro atoms. The largest absolute Gasteiger partial charge is 0.481 e. The first kappa shape index (κ1) is 14.5. The van der Waals surface area contributed by atoms with Crippen LogP contribution in [0.4, 0.5) is 0 Å². The van der Waals surface area contributed by atoms with Crippen molar-refractivity contribution < 1.29 is 9.90 Å². The highest BCUT2D eigenvalue weighted by atomic mass is 16.4. The fourth-order valence-electron chi connectivity index (χ4n) is 2.90. The second-order valence-corrected chi connectivity index (χ2v) is 5.50. The Balaban J connectivity index is 1.89. The van der Waals surface area contributed by atoms with E-state index >= 15 is 0 Å². The molecule has 1 saturated carbocycles. The molecular formula is C16H20N2O2. The quantitative estimate of drug-likeness (QED) is 0.864. The molecule has 0 aromatic heterocycles. The number of benzene rings is 1. The Labute approximate surface area is 119 Å². The lowest BCUT2D eigenvalue weighted by Gasteiger charge is -2.20. The molecule has 1 aliphatic carbocycles. The molecule has 2 rings (SSSR count). The summed E-state index contributed by atoms with van der Waals surface area (Å²) in [4.78, 5) is 11.1. The minimum Gasteiger partial charge on any atom is -0.481 e. The van der Waals surface area contributed by atoms with Crippen LogP contribution in [0.25, 0.3) is 0 Å². The van der Waals surface area contributed by atoms with Gasteiger partial charge in [0, 0.05) is 6.04 Å². The van der Waals surface area contributed by atoms with Gasteiger partial charge in [-0.1, -0.05) is 18.6 Å². The Morgan fingerprint density at radius 2 is 2.15 bits per heavy atom. The minimum absolute atomic E-state index is 0.165. The summed E-state index contributed by atoms with van der Waals surface area (Å²) in [6.07, 6.45) is 2.80. The fraction of sp³-hybridized carbons (Fsp3) is 0.500. The number of carboxylic acid groups (broad SMARTS) is 1. The first-order valence-corrected chi connectivity index (χ1v) is 7.08. The van der Waals surface area contributed by atoms with Crippen LogP contribution >= 0.6 is 0 Å². The van der Waals surface area contributed by atoms with Crippen molar-refractivity contribution >= 4 is 5.97 Å². The van der Waals surface area contributed by atoms with Crippen molar-refractivity contribution in [1.29, 1.82) is 5.26 Å². The summed E-state index contributed by atoms with van der Waals surface area (Å²) in [5, 5.41) is 21.4. The number of hydrogen-bond donors (Lipinski definition) is 2. The van der Waals surface area contributed by atoms with E-state index in [1.165, 1.54) is 0 Å². The Morgan fingerprint density at radius 1 is 1.45 bits per heavy atom. The van der Waals surface area contributed by atoms with Crippen LogP contribution in [0.15, 0.2) is 24.3 Å². The maximum Gasteiger partial charge on any atom is 0.306 e. The molecule has 0 aliphatic heterocycles. The summed E-state index contributed by atoms with van der Waals surface area (Å²) < 4.78 is 0. The molecule has 1 fully saturated rings. The predicted molar refractivity (Wildman–Crippen MR) is 76.0 cm³/mol. The monoisotopic (exact) mass is 272 g/mol. The Bertz CT molecular complexity index is 504. The molecule has 4 heteroatoms. The van der Waals surface area contributed by atoms with Crippen LogP contribution in [0.1, 0.15) is 43.4 Å². The van der Waals surface area contributed by atoms with Crippen molar-refractivity contribution in [3.63, 3.8) is 0 Å². The second kappa shape index (κ2) is 6.53. The lowest BCUT2D eigenvalue weighted by Crippen LogP contribution is -2.30. The van der Waals surface area contributed by atoms with Gasteiger partial charge in [-0.05, 0) is 49.9 Å². The van der Waals surface area contributed by atoms with Gasteiger partial charge in [-0.3, -0.25) is 4.79 Å². The normalized spacial score (nSPS) is 23.2. The standard InChI is InChI=1S/C16H20N2O2/c1-11(13-7-5-12(9-17)6-8-13)18-10-14-3-2-4-15(14)16(19)20/h5-8,11,14-15,18H,2-4,10H2,1H3,(H,19,20). The third-order valence-corrected chi connectivity index (χ3v) is 4.20. The van der Waals surface area contributed by atoms with E-state index in [0.717, 1.165) is 31.4 Å². The summed E-state index contributed by atoms with van der Waals surface area (Å²) >= 11 is 0. The number of rotatable bonds is 5. The van der Waals surface area contributed by atoms with Crippen LogP contribution in [-0.2, 0) is 4.79 Å². The number of nitrogens with one attached hydrogen (secondary N) is 1. The van der Waals surface area contributed by atoms with Crippen molar-refractivity contribution in [3.05, 3.63) is 35.4 Å². The maximum absolute atomic E-state index is 11.1. The average Bonchev–Trinajstić information content (AvgIpc) is 2.93. The third kappa shape index (κ3) is 3.37. The molecule has 0 amide bonds. The van der Waals surface area contributed by atoms with Crippen LogP contribution in [-0.4, -0.2) is 17.6 Å². The Hall–Kier alpha value is -1.86. The average molecular weight is 272 g/mol. The van der Waals surface area contributed by atoms with Gasteiger partial charge in [-0.2, -0.15) is 5.26 Å².